The first-order valence-electron chi connectivity index (χ1n) is 7.82. The highest BCUT2D eigenvalue weighted by Gasteiger charge is 2.25. The molecule has 1 N–H and O–H groups in total. The largest absolute Gasteiger partial charge is 0.371 e. The van der Waals surface area contributed by atoms with Crippen molar-refractivity contribution in [2.24, 2.45) is 0 Å². The molecule has 0 fully saturated rings. The van der Waals surface area contributed by atoms with Crippen LogP contribution >= 0.6 is 22.6 Å². The molecule has 0 atom stereocenters. The van der Waals surface area contributed by atoms with E-state index in [9.17, 15) is 9.59 Å². The normalized spacial score (nSPS) is 10.0. The van der Waals surface area contributed by atoms with Crippen molar-refractivity contribution >= 4 is 45.8 Å². The number of hydrogen-bond acceptors (Lipinski definition) is 3. The fraction of sp³-hybridized carbons (Fsp3) is 0. The third-order valence-electron chi connectivity index (χ3n) is 3.41. The molecule has 3 aromatic carbocycles. The molecular formula is C20H15IN2O3. The molecule has 0 spiro atoms. The molecule has 0 radical (unpaired) electrons. The molecule has 2 amide bonds. The van der Waals surface area contributed by atoms with Crippen LogP contribution in [-0.4, -0.2) is 11.8 Å². The van der Waals surface area contributed by atoms with Crippen LogP contribution in [0.1, 0.15) is 0 Å². The van der Waals surface area contributed by atoms with Gasteiger partial charge in [0, 0.05) is 9.26 Å². The van der Waals surface area contributed by atoms with Crippen molar-refractivity contribution in [2.75, 3.05) is 10.4 Å². The van der Waals surface area contributed by atoms with E-state index in [0.717, 1.165) is 8.63 Å². The summed E-state index contributed by atoms with van der Waals surface area (Å²) in [5.74, 6) is -1.16. The average molecular weight is 458 g/mol. The van der Waals surface area contributed by atoms with Crippen molar-refractivity contribution in [1.29, 1.82) is 0 Å². The van der Waals surface area contributed by atoms with Crippen LogP contribution in [-0.2, 0) is 9.59 Å². The number of nitrogens with zero attached hydrogens (tertiary/aromatic N) is 1. The molecule has 0 aromatic heterocycles. The number of anilines is 2. The SMILES string of the molecule is O=C(Nc1ccc(I)cc1)C(=O)N(Oc1ccccc1)c1ccccc1. The van der Waals surface area contributed by atoms with Crippen LogP contribution in [0.15, 0.2) is 84.9 Å². The summed E-state index contributed by atoms with van der Waals surface area (Å²) in [6.07, 6.45) is 0. The molecule has 0 aliphatic rings. The lowest BCUT2D eigenvalue weighted by molar-refractivity contribution is -0.137. The maximum Gasteiger partial charge on any atom is 0.349 e. The molecule has 26 heavy (non-hydrogen) atoms. The standard InChI is InChI=1S/C20H15IN2O3/c21-15-11-13-16(14-12-15)22-19(24)20(25)23(17-7-3-1-4-8-17)26-18-9-5-2-6-10-18/h1-14H,(H,22,24). The van der Waals surface area contributed by atoms with Crippen LogP contribution < -0.4 is 15.2 Å². The molecule has 5 nitrogen and oxygen atoms in total. The summed E-state index contributed by atoms with van der Waals surface area (Å²) >= 11 is 2.17. The summed E-state index contributed by atoms with van der Waals surface area (Å²) in [6.45, 7) is 0. The number of nitrogens with one attached hydrogen (secondary N) is 1. The van der Waals surface area contributed by atoms with Gasteiger partial charge in [0.1, 0.15) is 0 Å². The third-order valence-corrected chi connectivity index (χ3v) is 4.13. The van der Waals surface area contributed by atoms with Gasteiger partial charge < -0.3 is 10.2 Å². The van der Waals surface area contributed by atoms with E-state index in [0.29, 0.717) is 17.1 Å². The van der Waals surface area contributed by atoms with E-state index in [1.54, 1.807) is 60.7 Å². The first-order chi connectivity index (χ1) is 12.6. The lowest BCUT2D eigenvalue weighted by Gasteiger charge is -2.21. The molecule has 0 aliphatic heterocycles. The van der Waals surface area contributed by atoms with Crippen molar-refractivity contribution in [3.63, 3.8) is 0 Å². The molecule has 0 saturated heterocycles. The van der Waals surface area contributed by atoms with Crippen molar-refractivity contribution in [3.8, 4) is 5.75 Å². The highest BCUT2D eigenvalue weighted by Crippen LogP contribution is 2.19. The lowest BCUT2D eigenvalue weighted by Crippen LogP contribution is -2.42. The maximum absolute atomic E-state index is 12.7. The molecule has 3 aromatic rings. The second-order valence-electron chi connectivity index (χ2n) is 5.30. The van der Waals surface area contributed by atoms with Gasteiger partial charge in [-0.25, -0.2) is 0 Å². The van der Waals surface area contributed by atoms with Crippen LogP contribution in [0, 0.1) is 3.57 Å². The van der Waals surface area contributed by atoms with Gasteiger partial charge in [0.15, 0.2) is 5.75 Å². The second kappa shape index (κ2) is 8.48. The van der Waals surface area contributed by atoms with Crippen LogP contribution in [0.3, 0.4) is 0 Å². The number of carbonyl (C=O) groups is 2. The quantitative estimate of drug-likeness (QED) is 0.361. The van der Waals surface area contributed by atoms with Crippen molar-refractivity contribution in [2.45, 2.75) is 0 Å². The molecule has 0 heterocycles. The van der Waals surface area contributed by atoms with E-state index in [4.69, 9.17) is 4.84 Å². The smallest absolute Gasteiger partial charge is 0.349 e. The predicted octanol–water partition coefficient (Wildman–Crippen LogP) is 4.26. The molecule has 0 unspecified atom stereocenters. The van der Waals surface area contributed by atoms with Gasteiger partial charge in [0.05, 0.1) is 5.69 Å². The maximum atomic E-state index is 12.7. The molecule has 130 valence electrons. The van der Waals surface area contributed by atoms with Crippen LogP contribution in [0.5, 0.6) is 5.75 Å². The average Bonchev–Trinajstić information content (AvgIpc) is 2.69. The number of carbonyl (C=O) groups excluding carboxylic acids is 2. The van der Waals surface area contributed by atoms with Gasteiger partial charge in [-0.2, -0.15) is 0 Å². The van der Waals surface area contributed by atoms with E-state index in [2.05, 4.69) is 27.9 Å². The highest BCUT2D eigenvalue weighted by molar-refractivity contribution is 14.1. The molecular weight excluding hydrogens is 443 g/mol. The van der Waals surface area contributed by atoms with E-state index >= 15 is 0 Å². The summed E-state index contributed by atoms with van der Waals surface area (Å²) in [6, 6.07) is 24.7. The number of para-hydroxylation sites is 2. The Hall–Kier alpha value is -2.87. The monoisotopic (exact) mass is 458 g/mol. The van der Waals surface area contributed by atoms with E-state index in [-0.39, 0.29) is 0 Å². The zero-order valence-corrected chi connectivity index (χ0v) is 15.8. The van der Waals surface area contributed by atoms with Gasteiger partial charge in [-0.15, -0.1) is 5.06 Å². The predicted molar refractivity (Wildman–Crippen MR) is 109 cm³/mol. The van der Waals surface area contributed by atoms with Crippen LogP contribution in [0.4, 0.5) is 11.4 Å². The minimum atomic E-state index is -0.821. The van der Waals surface area contributed by atoms with Gasteiger partial charge in [0.2, 0.25) is 0 Å². The van der Waals surface area contributed by atoms with E-state index in [1.165, 1.54) is 0 Å². The van der Waals surface area contributed by atoms with Crippen molar-refractivity contribution in [1.82, 2.24) is 0 Å². The summed E-state index contributed by atoms with van der Waals surface area (Å²) in [4.78, 5) is 30.8. The number of amides is 2. The minimum Gasteiger partial charge on any atom is -0.371 e. The first kappa shape index (κ1) is 17.9. The third kappa shape index (κ3) is 4.60. The zero-order valence-electron chi connectivity index (χ0n) is 13.6. The lowest BCUT2D eigenvalue weighted by atomic mass is 10.3. The second-order valence-corrected chi connectivity index (χ2v) is 6.55. The van der Waals surface area contributed by atoms with E-state index < -0.39 is 11.8 Å². The summed E-state index contributed by atoms with van der Waals surface area (Å²) in [7, 11) is 0. The molecule has 0 saturated carbocycles. The van der Waals surface area contributed by atoms with Gasteiger partial charge in [-0.05, 0) is 71.1 Å². The number of rotatable bonds is 4. The van der Waals surface area contributed by atoms with Crippen molar-refractivity contribution in [3.05, 3.63) is 88.5 Å². The Bertz CT molecular complexity index is 884. The van der Waals surface area contributed by atoms with Crippen molar-refractivity contribution < 1.29 is 14.4 Å². The Morgan fingerprint density at radius 2 is 1.38 bits per heavy atom. The number of hydroxylamine groups is 1. The molecule has 6 heteroatoms. The Kier molecular flexibility index (Phi) is 5.85. The molecule has 0 bridgehead atoms. The number of halogens is 1. The van der Waals surface area contributed by atoms with Gasteiger partial charge in [0.25, 0.3) is 0 Å². The number of hydrogen-bond donors (Lipinski definition) is 1. The fourth-order valence-corrected chi connectivity index (χ4v) is 2.53. The first-order valence-corrected chi connectivity index (χ1v) is 8.90. The number of benzene rings is 3. The zero-order chi connectivity index (χ0) is 18.4. The highest BCUT2D eigenvalue weighted by atomic mass is 127. The van der Waals surface area contributed by atoms with Crippen LogP contribution in [0.25, 0.3) is 0 Å². The fourth-order valence-electron chi connectivity index (χ4n) is 2.17. The van der Waals surface area contributed by atoms with Gasteiger partial charge in [-0.3, -0.25) is 9.59 Å². The Morgan fingerprint density at radius 3 is 2.00 bits per heavy atom. The topological polar surface area (TPSA) is 58.6 Å². The summed E-state index contributed by atoms with van der Waals surface area (Å²) in [5.41, 5.74) is 0.996. The molecule has 3 rings (SSSR count). The van der Waals surface area contributed by atoms with Gasteiger partial charge >= 0.3 is 11.8 Å². The van der Waals surface area contributed by atoms with Gasteiger partial charge in [-0.1, -0.05) is 36.4 Å². The summed E-state index contributed by atoms with van der Waals surface area (Å²) < 4.78 is 1.03. The molecule has 0 aliphatic carbocycles. The Labute approximate surface area is 164 Å². The summed E-state index contributed by atoms with van der Waals surface area (Å²) in [5, 5.41) is 3.57. The minimum absolute atomic E-state index is 0.451. The van der Waals surface area contributed by atoms with Crippen LogP contribution in [0.2, 0.25) is 0 Å². The Morgan fingerprint density at radius 1 is 0.808 bits per heavy atom. The Balaban J connectivity index is 1.82. The van der Waals surface area contributed by atoms with E-state index in [1.807, 2.05) is 24.3 Å².